The molecule has 0 aliphatic carbocycles. The van der Waals surface area contributed by atoms with E-state index < -0.39 is 12.0 Å². The molecule has 1 aromatic heterocycles. The fourth-order valence-electron chi connectivity index (χ4n) is 3.28. The topological polar surface area (TPSA) is 83.6 Å². The van der Waals surface area contributed by atoms with Gasteiger partial charge in [0.2, 0.25) is 0 Å². The molecule has 0 bridgehead atoms. The predicted octanol–water partition coefficient (Wildman–Crippen LogP) is 4.40. The van der Waals surface area contributed by atoms with Crippen molar-refractivity contribution in [1.82, 2.24) is 10.3 Å². The normalized spacial score (nSPS) is 12.3. The van der Waals surface area contributed by atoms with Gasteiger partial charge in [-0.1, -0.05) is 29.8 Å². The average molecular weight is 417 g/mol. The highest BCUT2D eigenvalue weighted by atomic mass is 35.5. The molecule has 154 valence electrons. The van der Waals surface area contributed by atoms with E-state index in [0.717, 1.165) is 22.0 Å². The summed E-state index contributed by atoms with van der Waals surface area (Å²) in [5, 5.41) is 14.4. The third kappa shape index (κ3) is 5.02. The Hall–Kier alpha value is -2.70. The first-order valence-corrected chi connectivity index (χ1v) is 9.81. The maximum atomic E-state index is 11.9. The van der Waals surface area contributed by atoms with Gasteiger partial charge in [-0.2, -0.15) is 0 Å². The zero-order chi connectivity index (χ0) is 21.0. The highest BCUT2D eigenvalue weighted by Gasteiger charge is 2.21. The van der Waals surface area contributed by atoms with Crippen molar-refractivity contribution in [3.8, 4) is 11.5 Å². The van der Waals surface area contributed by atoms with Crippen molar-refractivity contribution < 1.29 is 19.4 Å². The van der Waals surface area contributed by atoms with Gasteiger partial charge in [0.25, 0.3) is 0 Å². The fraction of sp³-hybridized carbons (Fsp3) is 0.318. The zero-order valence-electron chi connectivity index (χ0n) is 16.7. The third-order valence-electron chi connectivity index (χ3n) is 4.61. The van der Waals surface area contributed by atoms with Gasteiger partial charge < -0.3 is 19.6 Å². The van der Waals surface area contributed by atoms with Gasteiger partial charge >= 0.3 is 5.97 Å². The van der Waals surface area contributed by atoms with Crippen LogP contribution in [0.3, 0.4) is 0 Å². The van der Waals surface area contributed by atoms with Crippen LogP contribution in [0.5, 0.6) is 11.5 Å². The lowest BCUT2D eigenvalue weighted by Gasteiger charge is -2.20. The molecule has 1 atom stereocenters. The summed E-state index contributed by atoms with van der Waals surface area (Å²) in [6.07, 6.45) is 2.14. The van der Waals surface area contributed by atoms with E-state index in [1.54, 1.807) is 19.2 Å². The Bertz CT molecular complexity index is 1000. The van der Waals surface area contributed by atoms with Crippen LogP contribution in [0.25, 0.3) is 10.9 Å². The molecule has 0 fully saturated rings. The number of carboxylic acid groups (broad SMARTS) is 1. The molecular weight excluding hydrogens is 392 g/mol. The van der Waals surface area contributed by atoms with Crippen molar-refractivity contribution in [2.75, 3.05) is 7.11 Å². The van der Waals surface area contributed by atoms with E-state index in [0.29, 0.717) is 22.9 Å². The molecule has 0 saturated heterocycles. The minimum absolute atomic E-state index is 0.0645. The molecule has 29 heavy (non-hydrogen) atoms. The Morgan fingerprint density at radius 1 is 1.24 bits per heavy atom. The molecule has 7 heteroatoms. The Labute approximate surface area is 174 Å². The molecule has 0 unspecified atom stereocenters. The summed E-state index contributed by atoms with van der Waals surface area (Å²) in [7, 11) is 1.55. The lowest BCUT2D eigenvalue weighted by molar-refractivity contribution is -0.139. The average Bonchev–Trinajstić information content (AvgIpc) is 3.09. The SMILES string of the molecule is COc1cc(Cl)cc(CN[C@H](Cc2c[nH]c3ccccc23)C(=O)O)c1OC(C)C. The molecule has 3 aromatic rings. The molecule has 1 heterocycles. The predicted molar refractivity (Wildman–Crippen MR) is 114 cm³/mol. The van der Waals surface area contributed by atoms with Crippen molar-refractivity contribution in [3.05, 3.63) is 58.7 Å². The van der Waals surface area contributed by atoms with Crippen LogP contribution in [0.4, 0.5) is 0 Å². The largest absolute Gasteiger partial charge is 0.493 e. The van der Waals surface area contributed by atoms with E-state index >= 15 is 0 Å². The van der Waals surface area contributed by atoms with Crippen LogP contribution in [-0.2, 0) is 17.8 Å². The number of benzene rings is 2. The summed E-state index contributed by atoms with van der Waals surface area (Å²) in [4.78, 5) is 15.1. The highest BCUT2D eigenvalue weighted by molar-refractivity contribution is 6.30. The number of aliphatic carboxylic acids is 1. The Morgan fingerprint density at radius 2 is 2.00 bits per heavy atom. The van der Waals surface area contributed by atoms with Crippen LogP contribution in [0.2, 0.25) is 5.02 Å². The minimum atomic E-state index is -0.921. The molecule has 0 saturated carbocycles. The minimum Gasteiger partial charge on any atom is -0.493 e. The van der Waals surface area contributed by atoms with E-state index in [1.807, 2.05) is 44.3 Å². The second-order valence-corrected chi connectivity index (χ2v) is 7.53. The fourth-order valence-corrected chi connectivity index (χ4v) is 3.51. The van der Waals surface area contributed by atoms with E-state index in [2.05, 4.69) is 10.3 Å². The van der Waals surface area contributed by atoms with Crippen LogP contribution in [-0.4, -0.2) is 35.3 Å². The lowest BCUT2D eigenvalue weighted by Crippen LogP contribution is -2.38. The van der Waals surface area contributed by atoms with E-state index in [1.165, 1.54) is 0 Å². The number of H-pyrrole nitrogens is 1. The second-order valence-electron chi connectivity index (χ2n) is 7.10. The van der Waals surface area contributed by atoms with Crippen molar-refractivity contribution >= 4 is 28.5 Å². The van der Waals surface area contributed by atoms with Crippen LogP contribution in [0.15, 0.2) is 42.6 Å². The molecule has 0 amide bonds. The van der Waals surface area contributed by atoms with E-state index in [4.69, 9.17) is 21.1 Å². The third-order valence-corrected chi connectivity index (χ3v) is 4.82. The number of aromatic amines is 1. The molecular formula is C22H25ClN2O4. The number of fused-ring (bicyclic) bond motifs is 1. The van der Waals surface area contributed by atoms with Crippen LogP contribution < -0.4 is 14.8 Å². The number of nitrogens with one attached hydrogen (secondary N) is 2. The molecule has 3 rings (SSSR count). The summed E-state index contributed by atoms with van der Waals surface area (Å²) in [6.45, 7) is 4.11. The zero-order valence-corrected chi connectivity index (χ0v) is 17.4. The quantitative estimate of drug-likeness (QED) is 0.481. The van der Waals surface area contributed by atoms with Gasteiger partial charge in [-0.3, -0.25) is 10.1 Å². The maximum absolute atomic E-state index is 11.9. The summed E-state index contributed by atoms with van der Waals surface area (Å²) < 4.78 is 11.3. The van der Waals surface area contributed by atoms with Gasteiger partial charge in [0.1, 0.15) is 6.04 Å². The summed E-state index contributed by atoms with van der Waals surface area (Å²) >= 11 is 6.21. The number of hydrogen-bond acceptors (Lipinski definition) is 4. The molecule has 6 nitrogen and oxygen atoms in total. The van der Waals surface area contributed by atoms with Crippen LogP contribution in [0.1, 0.15) is 25.0 Å². The Morgan fingerprint density at radius 3 is 2.69 bits per heavy atom. The van der Waals surface area contributed by atoms with Crippen molar-refractivity contribution in [3.63, 3.8) is 0 Å². The van der Waals surface area contributed by atoms with Gasteiger partial charge in [-0.15, -0.1) is 0 Å². The number of rotatable bonds is 9. The van der Waals surface area contributed by atoms with Crippen LogP contribution in [0, 0.1) is 0 Å². The molecule has 0 spiro atoms. The van der Waals surface area contributed by atoms with Gasteiger partial charge in [0, 0.05) is 46.7 Å². The summed E-state index contributed by atoms with van der Waals surface area (Å²) in [6, 6.07) is 10.5. The van der Waals surface area contributed by atoms with Crippen molar-refractivity contribution in [2.45, 2.75) is 39.0 Å². The van der Waals surface area contributed by atoms with Gasteiger partial charge in [-0.05, 0) is 31.5 Å². The van der Waals surface area contributed by atoms with Gasteiger partial charge in [-0.25, -0.2) is 0 Å². The van der Waals surface area contributed by atoms with Gasteiger partial charge in [0.15, 0.2) is 11.5 Å². The summed E-state index contributed by atoms with van der Waals surface area (Å²) in [5.41, 5.74) is 2.68. The maximum Gasteiger partial charge on any atom is 0.321 e. The Balaban J connectivity index is 1.82. The van der Waals surface area contributed by atoms with Gasteiger partial charge in [0.05, 0.1) is 13.2 Å². The Kier molecular flexibility index (Phi) is 6.67. The monoisotopic (exact) mass is 416 g/mol. The van der Waals surface area contributed by atoms with Crippen molar-refractivity contribution in [1.29, 1.82) is 0 Å². The number of ether oxygens (including phenoxy) is 2. The molecule has 3 N–H and O–H groups in total. The number of hydrogen-bond donors (Lipinski definition) is 3. The van der Waals surface area contributed by atoms with E-state index in [-0.39, 0.29) is 12.6 Å². The standard InChI is InChI=1S/C22H25ClN2O4/c1-13(2)29-21-15(8-16(23)10-20(21)28-3)12-25-19(22(26)27)9-14-11-24-18-7-5-4-6-17(14)18/h4-8,10-11,13,19,24-25H,9,12H2,1-3H3,(H,26,27)/t19-/m1/s1. The lowest BCUT2D eigenvalue weighted by atomic mass is 10.0. The number of carbonyl (C=O) groups is 1. The molecule has 2 aromatic carbocycles. The van der Waals surface area contributed by atoms with Crippen LogP contribution >= 0.6 is 11.6 Å². The number of para-hydroxylation sites is 1. The second kappa shape index (κ2) is 9.20. The molecule has 0 aliphatic rings. The number of aromatic nitrogens is 1. The highest BCUT2D eigenvalue weighted by Crippen LogP contribution is 2.35. The smallest absolute Gasteiger partial charge is 0.321 e. The molecule has 0 radical (unpaired) electrons. The van der Waals surface area contributed by atoms with Crippen molar-refractivity contribution in [2.24, 2.45) is 0 Å². The molecule has 0 aliphatic heterocycles. The first-order chi connectivity index (χ1) is 13.9. The number of halogens is 1. The van der Waals surface area contributed by atoms with E-state index in [9.17, 15) is 9.90 Å². The summed E-state index contributed by atoms with van der Waals surface area (Å²) in [5.74, 6) is 0.165. The number of carboxylic acids is 1. The first kappa shape index (κ1) is 21.0. The number of methoxy groups -OCH3 is 1. The first-order valence-electron chi connectivity index (χ1n) is 9.43.